The zero-order chi connectivity index (χ0) is 18.0. The monoisotopic (exact) mass is 356 g/mol. The molecule has 0 saturated heterocycles. The Morgan fingerprint density at radius 2 is 1.92 bits per heavy atom. The van der Waals surface area contributed by atoms with E-state index in [1.165, 1.54) is 6.07 Å². The van der Waals surface area contributed by atoms with Gasteiger partial charge in [-0.3, -0.25) is 14.4 Å². The van der Waals surface area contributed by atoms with E-state index in [0.29, 0.717) is 28.4 Å². The molecule has 3 amide bonds. The first-order valence-electron chi connectivity index (χ1n) is 8.05. The third-order valence-electron chi connectivity index (χ3n) is 4.05. The fourth-order valence-corrected chi connectivity index (χ4v) is 3.07. The number of fused-ring (bicyclic) bond motifs is 1. The molecule has 0 bridgehead atoms. The molecule has 0 radical (unpaired) electrons. The maximum Gasteiger partial charge on any atom is 0.265 e. The van der Waals surface area contributed by atoms with Crippen LogP contribution in [0.5, 0.6) is 0 Å². The molecule has 1 atom stereocenters. The van der Waals surface area contributed by atoms with E-state index in [4.69, 9.17) is 11.6 Å². The van der Waals surface area contributed by atoms with Crippen molar-refractivity contribution in [3.8, 4) is 0 Å². The lowest BCUT2D eigenvalue weighted by molar-refractivity contribution is -0.130. The molecular formula is C19H17ClN2O3. The Kier molecular flexibility index (Phi) is 4.86. The van der Waals surface area contributed by atoms with Gasteiger partial charge in [-0.25, -0.2) is 4.90 Å². The molecule has 0 aromatic heterocycles. The van der Waals surface area contributed by atoms with Crippen LogP contribution in [0.1, 0.15) is 35.2 Å². The zero-order valence-corrected chi connectivity index (χ0v) is 14.4. The summed E-state index contributed by atoms with van der Waals surface area (Å²) in [6.45, 7) is 2.40. The Hall–Kier alpha value is -2.66. The van der Waals surface area contributed by atoms with Gasteiger partial charge in [-0.1, -0.05) is 42.8 Å². The molecule has 0 aliphatic carbocycles. The summed E-state index contributed by atoms with van der Waals surface area (Å²) >= 11 is 6.00. The van der Waals surface area contributed by atoms with Crippen molar-refractivity contribution in [1.82, 2.24) is 5.32 Å². The van der Waals surface area contributed by atoms with E-state index < -0.39 is 23.6 Å². The number of hydrogen-bond donors (Lipinski definition) is 1. The van der Waals surface area contributed by atoms with Gasteiger partial charge in [-0.05, 0) is 36.2 Å². The van der Waals surface area contributed by atoms with Crippen LogP contribution in [0.4, 0.5) is 5.69 Å². The molecule has 0 saturated carbocycles. The molecule has 0 fully saturated rings. The smallest absolute Gasteiger partial charge is 0.265 e. The lowest BCUT2D eigenvalue weighted by atomic mass is 9.87. The van der Waals surface area contributed by atoms with Gasteiger partial charge in [0.05, 0.1) is 5.69 Å². The molecule has 3 rings (SSSR count). The van der Waals surface area contributed by atoms with Gasteiger partial charge >= 0.3 is 0 Å². The summed E-state index contributed by atoms with van der Waals surface area (Å²) in [5.41, 5.74) is 1.13. The summed E-state index contributed by atoms with van der Waals surface area (Å²) in [6.07, 6.45) is 0.755. The van der Waals surface area contributed by atoms with E-state index in [1.54, 1.807) is 42.5 Å². The molecule has 25 heavy (non-hydrogen) atoms. The largest absolute Gasteiger partial charge is 0.355 e. The van der Waals surface area contributed by atoms with Gasteiger partial charge in [-0.15, -0.1) is 0 Å². The number of halogens is 1. The van der Waals surface area contributed by atoms with Crippen LogP contribution in [0, 0.1) is 0 Å². The van der Waals surface area contributed by atoms with E-state index in [2.05, 4.69) is 5.32 Å². The van der Waals surface area contributed by atoms with Crippen LogP contribution in [0.2, 0.25) is 5.02 Å². The molecular weight excluding hydrogens is 340 g/mol. The first-order valence-corrected chi connectivity index (χ1v) is 8.43. The number of benzene rings is 2. The summed E-state index contributed by atoms with van der Waals surface area (Å²) in [4.78, 5) is 39.5. The standard InChI is InChI=1S/C19H17ClN2O3/c1-2-10-21-17(23)16-14-8-3-4-9-15(14)18(24)22(19(16)25)13-7-5-6-12(20)11-13/h3-9,11,16H,2,10H2,1H3,(H,21,23). The van der Waals surface area contributed by atoms with Crippen molar-refractivity contribution in [3.63, 3.8) is 0 Å². The number of carbonyl (C=O) groups is 3. The normalized spacial score (nSPS) is 16.6. The number of imide groups is 1. The van der Waals surface area contributed by atoms with E-state index in [0.717, 1.165) is 11.3 Å². The van der Waals surface area contributed by atoms with Crippen molar-refractivity contribution in [1.29, 1.82) is 0 Å². The highest BCUT2D eigenvalue weighted by molar-refractivity contribution is 6.33. The minimum Gasteiger partial charge on any atom is -0.355 e. The average Bonchev–Trinajstić information content (AvgIpc) is 2.60. The molecule has 6 heteroatoms. The second kappa shape index (κ2) is 7.07. The second-order valence-corrected chi connectivity index (χ2v) is 6.21. The second-order valence-electron chi connectivity index (χ2n) is 5.77. The molecule has 128 valence electrons. The first-order chi connectivity index (χ1) is 12.0. The number of hydrogen-bond acceptors (Lipinski definition) is 3. The van der Waals surface area contributed by atoms with Gasteiger partial charge in [0.2, 0.25) is 5.91 Å². The minimum absolute atomic E-state index is 0.346. The third-order valence-corrected chi connectivity index (χ3v) is 4.29. The van der Waals surface area contributed by atoms with Gasteiger partial charge < -0.3 is 5.32 Å². The molecule has 1 aliphatic rings. The SMILES string of the molecule is CCCNC(=O)C1C(=O)N(c2cccc(Cl)c2)C(=O)c2ccccc21. The highest BCUT2D eigenvalue weighted by Crippen LogP contribution is 2.33. The molecule has 1 N–H and O–H groups in total. The Bertz CT molecular complexity index is 850. The number of nitrogens with one attached hydrogen (secondary N) is 1. The fraction of sp³-hybridized carbons (Fsp3) is 0.211. The number of carbonyl (C=O) groups excluding carboxylic acids is 3. The van der Waals surface area contributed by atoms with Crippen molar-refractivity contribution in [2.45, 2.75) is 19.3 Å². The topological polar surface area (TPSA) is 66.5 Å². The number of nitrogens with zero attached hydrogens (tertiary/aromatic N) is 1. The predicted molar refractivity (Wildman–Crippen MR) is 95.8 cm³/mol. The first kappa shape index (κ1) is 17.2. The van der Waals surface area contributed by atoms with Crippen molar-refractivity contribution in [2.75, 3.05) is 11.4 Å². The Morgan fingerprint density at radius 3 is 2.64 bits per heavy atom. The van der Waals surface area contributed by atoms with E-state index >= 15 is 0 Å². The highest BCUT2D eigenvalue weighted by Gasteiger charge is 2.43. The molecule has 5 nitrogen and oxygen atoms in total. The Morgan fingerprint density at radius 1 is 1.16 bits per heavy atom. The van der Waals surface area contributed by atoms with Crippen LogP contribution in [0.25, 0.3) is 0 Å². The van der Waals surface area contributed by atoms with E-state index in [1.807, 2.05) is 6.92 Å². The minimum atomic E-state index is -1.06. The Balaban J connectivity index is 2.10. The van der Waals surface area contributed by atoms with Crippen LogP contribution in [0.3, 0.4) is 0 Å². The molecule has 1 unspecified atom stereocenters. The number of anilines is 1. The van der Waals surface area contributed by atoms with Crippen molar-refractivity contribution < 1.29 is 14.4 Å². The van der Waals surface area contributed by atoms with Gasteiger partial charge in [0.25, 0.3) is 11.8 Å². The Labute approximate surface area is 150 Å². The van der Waals surface area contributed by atoms with E-state index in [9.17, 15) is 14.4 Å². The zero-order valence-electron chi connectivity index (χ0n) is 13.7. The lowest BCUT2D eigenvalue weighted by Gasteiger charge is -2.31. The van der Waals surface area contributed by atoms with Gasteiger partial charge in [0.15, 0.2) is 0 Å². The number of rotatable bonds is 4. The van der Waals surface area contributed by atoms with Gasteiger partial charge in [0.1, 0.15) is 5.92 Å². The van der Waals surface area contributed by atoms with Gasteiger partial charge in [0, 0.05) is 17.1 Å². The third kappa shape index (κ3) is 3.15. The summed E-state index contributed by atoms with van der Waals surface area (Å²) in [5, 5.41) is 3.15. The maximum atomic E-state index is 13.0. The van der Waals surface area contributed by atoms with Crippen molar-refractivity contribution >= 4 is 35.0 Å². The molecule has 2 aromatic rings. The fourth-order valence-electron chi connectivity index (χ4n) is 2.89. The highest BCUT2D eigenvalue weighted by atomic mass is 35.5. The van der Waals surface area contributed by atoms with Crippen molar-refractivity contribution in [2.24, 2.45) is 0 Å². The van der Waals surface area contributed by atoms with Crippen LogP contribution < -0.4 is 10.2 Å². The molecule has 1 heterocycles. The summed E-state index contributed by atoms with van der Waals surface area (Å²) in [6, 6.07) is 13.2. The van der Waals surface area contributed by atoms with Crippen LogP contribution in [-0.4, -0.2) is 24.3 Å². The van der Waals surface area contributed by atoms with Crippen LogP contribution >= 0.6 is 11.6 Å². The van der Waals surface area contributed by atoms with Crippen molar-refractivity contribution in [3.05, 3.63) is 64.7 Å². The van der Waals surface area contributed by atoms with Gasteiger partial charge in [-0.2, -0.15) is 0 Å². The number of amides is 3. The summed E-state index contributed by atoms with van der Waals surface area (Å²) < 4.78 is 0. The molecule has 2 aromatic carbocycles. The summed E-state index contributed by atoms with van der Waals surface area (Å²) in [5.74, 6) is -2.49. The van der Waals surface area contributed by atoms with Crippen LogP contribution in [-0.2, 0) is 9.59 Å². The predicted octanol–water partition coefficient (Wildman–Crippen LogP) is 3.14. The molecule has 1 aliphatic heterocycles. The summed E-state index contributed by atoms with van der Waals surface area (Å²) in [7, 11) is 0. The molecule has 0 spiro atoms. The van der Waals surface area contributed by atoms with Crippen LogP contribution in [0.15, 0.2) is 48.5 Å². The average molecular weight is 357 g/mol. The van der Waals surface area contributed by atoms with E-state index in [-0.39, 0.29) is 0 Å². The lowest BCUT2D eigenvalue weighted by Crippen LogP contribution is -2.49. The maximum absolute atomic E-state index is 13.0. The quantitative estimate of drug-likeness (QED) is 0.676.